The van der Waals surface area contributed by atoms with Crippen molar-refractivity contribution in [2.24, 2.45) is 0 Å². The third-order valence-electron chi connectivity index (χ3n) is 3.88. The third-order valence-corrected chi connectivity index (χ3v) is 3.88. The molecule has 0 aromatic heterocycles. The first-order chi connectivity index (χ1) is 10.0. The van der Waals surface area contributed by atoms with Gasteiger partial charge in [-0.2, -0.15) is 21.0 Å². The summed E-state index contributed by atoms with van der Waals surface area (Å²) in [6.45, 7) is 5.71. The van der Waals surface area contributed by atoms with E-state index in [1.165, 1.54) is 0 Å². The van der Waals surface area contributed by atoms with E-state index in [1.807, 2.05) is 45.0 Å². The standard InChI is InChI=1S/C17H10N4/c1-9-4-12-13(5-18)14(6-19)15(7-20)16(8-21)17(12)11(3)10(9)2/h4H,1-3H3. The zero-order valence-corrected chi connectivity index (χ0v) is 11.9. The van der Waals surface area contributed by atoms with Crippen LogP contribution in [0.15, 0.2) is 6.07 Å². The van der Waals surface area contributed by atoms with Gasteiger partial charge in [-0.25, -0.2) is 0 Å². The maximum absolute atomic E-state index is 9.42. The van der Waals surface area contributed by atoms with E-state index in [2.05, 4.69) is 0 Å². The highest BCUT2D eigenvalue weighted by Crippen LogP contribution is 2.34. The lowest BCUT2D eigenvalue weighted by atomic mass is 9.86. The predicted octanol–water partition coefficient (Wildman–Crippen LogP) is 3.25. The van der Waals surface area contributed by atoms with Crippen LogP contribution in [0.1, 0.15) is 38.9 Å². The van der Waals surface area contributed by atoms with Crippen molar-refractivity contribution in [2.45, 2.75) is 20.8 Å². The molecule has 2 aromatic carbocycles. The lowest BCUT2D eigenvalue weighted by Gasteiger charge is -2.14. The molecule has 0 fully saturated rings. The summed E-state index contributed by atoms with van der Waals surface area (Å²) in [7, 11) is 0. The molecular formula is C17H10N4. The van der Waals surface area contributed by atoms with Crippen molar-refractivity contribution in [3.05, 3.63) is 45.0 Å². The first-order valence-electron chi connectivity index (χ1n) is 6.22. The number of nitriles is 4. The first kappa shape index (κ1) is 14.1. The molecule has 0 saturated carbocycles. The van der Waals surface area contributed by atoms with E-state index in [0.29, 0.717) is 10.8 Å². The number of rotatable bonds is 0. The average Bonchev–Trinajstić information content (AvgIpc) is 2.50. The molecule has 98 valence electrons. The largest absolute Gasteiger partial charge is 0.192 e. The highest BCUT2D eigenvalue weighted by atomic mass is 14.3. The van der Waals surface area contributed by atoms with Gasteiger partial charge in [0.15, 0.2) is 0 Å². The topological polar surface area (TPSA) is 95.2 Å². The number of aryl methyl sites for hydroxylation is 2. The first-order valence-corrected chi connectivity index (χ1v) is 6.22. The molecule has 0 atom stereocenters. The Hall–Kier alpha value is -3.34. The lowest BCUT2D eigenvalue weighted by Crippen LogP contribution is -2.01. The SMILES string of the molecule is Cc1cc2c(C#N)c(C#N)c(C#N)c(C#N)c2c(C)c1C. The molecule has 0 spiro atoms. The van der Waals surface area contributed by atoms with E-state index in [0.717, 1.165) is 16.7 Å². The van der Waals surface area contributed by atoms with Crippen LogP contribution < -0.4 is 0 Å². The van der Waals surface area contributed by atoms with Gasteiger partial charge in [-0.3, -0.25) is 0 Å². The van der Waals surface area contributed by atoms with Crippen LogP contribution in [0, 0.1) is 66.1 Å². The number of hydrogen-bond donors (Lipinski definition) is 0. The zero-order valence-electron chi connectivity index (χ0n) is 11.9. The van der Waals surface area contributed by atoms with Gasteiger partial charge in [-0.1, -0.05) is 0 Å². The van der Waals surface area contributed by atoms with Gasteiger partial charge in [0.25, 0.3) is 0 Å². The summed E-state index contributed by atoms with van der Waals surface area (Å²) in [4.78, 5) is 0. The van der Waals surface area contributed by atoms with Crippen molar-refractivity contribution in [3.8, 4) is 24.3 Å². The second-order valence-corrected chi connectivity index (χ2v) is 4.81. The molecule has 2 aromatic rings. The van der Waals surface area contributed by atoms with E-state index < -0.39 is 0 Å². The quantitative estimate of drug-likeness (QED) is 0.734. The lowest BCUT2D eigenvalue weighted by molar-refractivity contribution is 1.28. The van der Waals surface area contributed by atoms with Crippen LogP contribution in [0.25, 0.3) is 10.8 Å². The average molecular weight is 270 g/mol. The van der Waals surface area contributed by atoms with Crippen molar-refractivity contribution in [1.29, 1.82) is 21.0 Å². The fourth-order valence-electron chi connectivity index (χ4n) is 2.56. The molecule has 0 radical (unpaired) electrons. The Morgan fingerprint density at radius 3 is 1.62 bits per heavy atom. The van der Waals surface area contributed by atoms with Crippen LogP contribution in [-0.4, -0.2) is 0 Å². The van der Waals surface area contributed by atoms with E-state index in [-0.39, 0.29) is 22.3 Å². The summed E-state index contributed by atoms with van der Waals surface area (Å²) in [6, 6.07) is 9.62. The van der Waals surface area contributed by atoms with Crippen molar-refractivity contribution < 1.29 is 0 Å². The summed E-state index contributed by atoms with van der Waals surface area (Å²) in [5, 5.41) is 38.5. The number of nitrogens with zero attached hydrogens (tertiary/aromatic N) is 4. The molecule has 0 saturated heterocycles. The molecule has 4 heteroatoms. The minimum absolute atomic E-state index is 0.0181. The minimum Gasteiger partial charge on any atom is -0.192 e. The normalized spacial score (nSPS) is 9.48. The van der Waals surface area contributed by atoms with Gasteiger partial charge < -0.3 is 0 Å². The second kappa shape index (κ2) is 4.97. The van der Waals surface area contributed by atoms with Gasteiger partial charge in [0.05, 0.1) is 22.3 Å². The molecule has 0 amide bonds. The summed E-state index contributed by atoms with van der Waals surface area (Å²) < 4.78 is 0. The molecule has 0 aliphatic heterocycles. The van der Waals surface area contributed by atoms with Crippen LogP contribution in [0.4, 0.5) is 0 Å². The fourth-order valence-corrected chi connectivity index (χ4v) is 2.56. The molecule has 0 heterocycles. The highest BCUT2D eigenvalue weighted by Gasteiger charge is 2.21. The Kier molecular flexibility index (Phi) is 3.33. The monoisotopic (exact) mass is 270 g/mol. The maximum Gasteiger partial charge on any atom is 0.102 e. The van der Waals surface area contributed by atoms with E-state index in [1.54, 1.807) is 6.07 Å². The minimum atomic E-state index is -0.0216. The van der Waals surface area contributed by atoms with Gasteiger partial charge in [0.2, 0.25) is 0 Å². The highest BCUT2D eigenvalue weighted by molar-refractivity contribution is 5.99. The maximum atomic E-state index is 9.42. The van der Waals surface area contributed by atoms with Gasteiger partial charge >= 0.3 is 0 Å². The Bertz CT molecular complexity index is 955. The number of benzene rings is 2. The molecular weight excluding hydrogens is 260 g/mol. The molecule has 0 bridgehead atoms. The van der Waals surface area contributed by atoms with E-state index in [4.69, 9.17) is 0 Å². The molecule has 0 unspecified atom stereocenters. The van der Waals surface area contributed by atoms with Crippen molar-refractivity contribution in [1.82, 2.24) is 0 Å². The third kappa shape index (κ3) is 1.80. The van der Waals surface area contributed by atoms with Crippen molar-refractivity contribution in [2.75, 3.05) is 0 Å². The Labute approximate surface area is 122 Å². The van der Waals surface area contributed by atoms with Gasteiger partial charge in [-0.15, -0.1) is 0 Å². The van der Waals surface area contributed by atoms with E-state index in [9.17, 15) is 21.0 Å². The van der Waals surface area contributed by atoms with Crippen LogP contribution in [0.5, 0.6) is 0 Å². The van der Waals surface area contributed by atoms with Crippen molar-refractivity contribution in [3.63, 3.8) is 0 Å². The Morgan fingerprint density at radius 2 is 1.14 bits per heavy atom. The van der Waals surface area contributed by atoms with Crippen LogP contribution in [0.3, 0.4) is 0 Å². The zero-order chi connectivity index (χ0) is 15.7. The van der Waals surface area contributed by atoms with Crippen LogP contribution >= 0.6 is 0 Å². The second-order valence-electron chi connectivity index (χ2n) is 4.81. The van der Waals surface area contributed by atoms with Crippen LogP contribution in [0.2, 0.25) is 0 Å². The number of fused-ring (bicyclic) bond motifs is 1. The molecule has 0 N–H and O–H groups in total. The van der Waals surface area contributed by atoms with Gasteiger partial charge in [0.1, 0.15) is 24.3 Å². The predicted molar refractivity (Wildman–Crippen MR) is 77.0 cm³/mol. The molecule has 0 aliphatic carbocycles. The van der Waals surface area contributed by atoms with Crippen LogP contribution in [-0.2, 0) is 0 Å². The smallest absolute Gasteiger partial charge is 0.102 e. The molecule has 21 heavy (non-hydrogen) atoms. The summed E-state index contributed by atoms with van der Waals surface area (Å²) in [5.74, 6) is 0. The number of hydrogen-bond acceptors (Lipinski definition) is 4. The Morgan fingerprint density at radius 1 is 0.667 bits per heavy atom. The molecule has 0 aliphatic rings. The summed E-state index contributed by atoms with van der Waals surface area (Å²) >= 11 is 0. The molecule has 2 rings (SSSR count). The fraction of sp³-hybridized carbons (Fsp3) is 0.176. The van der Waals surface area contributed by atoms with Crippen molar-refractivity contribution >= 4 is 10.8 Å². The summed E-state index contributed by atoms with van der Waals surface area (Å²) in [5.41, 5.74) is 3.14. The van der Waals surface area contributed by atoms with Gasteiger partial charge in [-0.05, 0) is 43.5 Å². The van der Waals surface area contributed by atoms with E-state index >= 15 is 0 Å². The molecule has 4 nitrogen and oxygen atoms in total. The van der Waals surface area contributed by atoms with Gasteiger partial charge in [0, 0.05) is 10.8 Å². The summed E-state index contributed by atoms with van der Waals surface area (Å²) in [6.07, 6.45) is 0. The Balaban J connectivity index is 3.33.